The first-order chi connectivity index (χ1) is 6.65. The van der Waals surface area contributed by atoms with E-state index in [2.05, 4.69) is 10.1 Å². The zero-order chi connectivity index (χ0) is 10.6. The van der Waals surface area contributed by atoms with E-state index in [1.165, 1.54) is 12.0 Å². The monoisotopic (exact) mass is 201 g/mol. The second-order valence-electron chi connectivity index (χ2n) is 3.15. The summed E-state index contributed by atoms with van der Waals surface area (Å²) in [7, 11) is 1.29. The Bertz CT molecular complexity index is 232. The van der Waals surface area contributed by atoms with Gasteiger partial charge in [-0.05, 0) is 0 Å². The topological polar surface area (TPSA) is 84.7 Å². The molecule has 1 unspecified atom stereocenters. The molecular formula is C8H15N3O3. The van der Waals surface area contributed by atoms with E-state index in [1.807, 2.05) is 0 Å². The summed E-state index contributed by atoms with van der Waals surface area (Å²) in [5.74, 6) is -0.632. The van der Waals surface area contributed by atoms with E-state index >= 15 is 0 Å². The summed E-state index contributed by atoms with van der Waals surface area (Å²) in [6, 6.07) is -0.567. The Hall–Kier alpha value is -1.14. The first-order valence-electron chi connectivity index (χ1n) is 4.47. The fourth-order valence-corrected chi connectivity index (χ4v) is 1.28. The van der Waals surface area contributed by atoms with Crippen molar-refractivity contribution >= 4 is 11.9 Å². The lowest BCUT2D eigenvalue weighted by atomic mass is 10.3. The Morgan fingerprint density at radius 2 is 2.50 bits per heavy atom. The van der Waals surface area contributed by atoms with Crippen LogP contribution in [0.4, 0.5) is 0 Å². The zero-order valence-electron chi connectivity index (χ0n) is 8.16. The molecule has 0 aromatic heterocycles. The third kappa shape index (κ3) is 2.68. The van der Waals surface area contributed by atoms with Gasteiger partial charge in [-0.25, -0.2) is 0 Å². The van der Waals surface area contributed by atoms with Crippen molar-refractivity contribution in [2.45, 2.75) is 6.04 Å². The SMILES string of the molecule is COC(=O)CN1CCNCC(N)C1=O. The molecule has 0 saturated carbocycles. The molecule has 1 atom stereocenters. The molecule has 6 nitrogen and oxygen atoms in total. The highest BCUT2D eigenvalue weighted by molar-refractivity contribution is 5.86. The number of ether oxygens (including phenoxy) is 1. The molecule has 0 radical (unpaired) electrons. The smallest absolute Gasteiger partial charge is 0.325 e. The summed E-state index contributed by atoms with van der Waals surface area (Å²) in [6.07, 6.45) is 0. The minimum absolute atomic E-state index is 0.0231. The van der Waals surface area contributed by atoms with Gasteiger partial charge in [-0.3, -0.25) is 9.59 Å². The molecule has 0 aliphatic carbocycles. The Morgan fingerprint density at radius 1 is 1.79 bits per heavy atom. The number of nitrogens with two attached hydrogens (primary N) is 1. The van der Waals surface area contributed by atoms with Gasteiger partial charge < -0.3 is 20.7 Å². The molecule has 80 valence electrons. The Kier molecular flexibility index (Phi) is 3.84. The fraction of sp³-hybridized carbons (Fsp3) is 0.750. The van der Waals surface area contributed by atoms with Gasteiger partial charge in [0.2, 0.25) is 5.91 Å². The van der Waals surface area contributed by atoms with Crippen molar-refractivity contribution in [2.75, 3.05) is 33.3 Å². The van der Waals surface area contributed by atoms with Crippen molar-refractivity contribution in [2.24, 2.45) is 5.73 Å². The van der Waals surface area contributed by atoms with Crippen LogP contribution in [0.2, 0.25) is 0 Å². The molecule has 14 heavy (non-hydrogen) atoms. The summed E-state index contributed by atoms with van der Waals surface area (Å²) in [5.41, 5.74) is 5.58. The number of methoxy groups -OCH3 is 1. The van der Waals surface area contributed by atoms with E-state index in [0.29, 0.717) is 19.6 Å². The van der Waals surface area contributed by atoms with Gasteiger partial charge in [0, 0.05) is 19.6 Å². The molecule has 1 aliphatic rings. The average Bonchev–Trinajstić information content (AvgIpc) is 2.33. The van der Waals surface area contributed by atoms with Crippen molar-refractivity contribution in [3.05, 3.63) is 0 Å². The van der Waals surface area contributed by atoms with Crippen LogP contribution in [-0.2, 0) is 14.3 Å². The zero-order valence-corrected chi connectivity index (χ0v) is 8.16. The number of amides is 1. The number of carbonyl (C=O) groups excluding carboxylic acids is 2. The number of nitrogens with one attached hydrogen (secondary N) is 1. The highest BCUT2D eigenvalue weighted by Crippen LogP contribution is 1.97. The molecular weight excluding hydrogens is 186 g/mol. The van der Waals surface area contributed by atoms with Crippen LogP contribution in [-0.4, -0.2) is 56.1 Å². The molecule has 1 fully saturated rings. The third-order valence-corrected chi connectivity index (χ3v) is 2.10. The lowest BCUT2D eigenvalue weighted by Crippen LogP contribution is -2.46. The Morgan fingerprint density at radius 3 is 3.14 bits per heavy atom. The predicted octanol–water partition coefficient (Wildman–Crippen LogP) is -2.08. The van der Waals surface area contributed by atoms with Crippen molar-refractivity contribution in [1.29, 1.82) is 0 Å². The largest absolute Gasteiger partial charge is 0.468 e. The molecule has 3 N–H and O–H groups in total. The van der Waals surface area contributed by atoms with Gasteiger partial charge >= 0.3 is 5.97 Å². The van der Waals surface area contributed by atoms with E-state index < -0.39 is 12.0 Å². The molecule has 1 saturated heterocycles. The highest BCUT2D eigenvalue weighted by Gasteiger charge is 2.25. The molecule has 0 aromatic rings. The van der Waals surface area contributed by atoms with E-state index in [1.54, 1.807) is 0 Å². The third-order valence-electron chi connectivity index (χ3n) is 2.10. The minimum Gasteiger partial charge on any atom is -0.468 e. The first kappa shape index (κ1) is 10.9. The lowest BCUT2D eigenvalue weighted by Gasteiger charge is -2.20. The molecule has 0 aromatic carbocycles. The summed E-state index contributed by atoms with van der Waals surface area (Å²) in [5, 5.41) is 3.01. The van der Waals surface area contributed by atoms with Gasteiger partial charge in [-0.1, -0.05) is 0 Å². The highest BCUT2D eigenvalue weighted by atomic mass is 16.5. The Balaban J connectivity index is 2.56. The quantitative estimate of drug-likeness (QED) is 0.501. The van der Waals surface area contributed by atoms with E-state index in [0.717, 1.165) is 0 Å². The standard InChI is InChI=1S/C8H15N3O3/c1-14-7(12)5-11-3-2-10-4-6(9)8(11)13/h6,10H,2-5,9H2,1H3. The van der Waals surface area contributed by atoms with Gasteiger partial charge in [-0.15, -0.1) is 0 Å². The van der Waals surface area contributed by atoms with Crippen molar-refractivity contribution in [3.8, 4) is 0 Å². The second kappa shape index (κ2) is 4.92. The summed E-state index contributed by atoms with van der Waals surface area (Å²) in [6.45, 7) is 1.57. The summed E-state index contributed by atoms with van der Waals surface area (Å²) in [4.78, 5) is 23.9. The lowest BCUT2D eigenvalue weighted by molar-refractivity contribution is -0.147. The van der Waals surface area contributed by atoms with Crippen LogP contribution in [0.15, 0.2) is 0 Å². The normalized spacial score (nSPS) is 23.1. The number of nitrogens with zero attached hydrogens (tertiary/aromatic N) is 1. The van der Waals surface area contributed by atoms with Gasteiger partial charge in [0.1, 0.15) is 6.54 Å². The molecule has 1 aliphatic heterocycles. The Labute approximate surface area is 82.4 Å². The van der Waals surface area contributed by atoms with E-state index in [9.17, 15) is 9.59 Å². The molecule has 6 heteroatoms. The minimum atomic E-state index is -0.567. The van der Waals surface area contributed by atoms with Crippen LogP contribution in [0.25, 0.3) is 0 Å². The van der Waals surface area contributed by atoms with Crippen LogP contribution >= 0.6 is 0 Å². The molecule has 0 spiro atoms. The van der Waals surface area contributed by atoms with Crippen LogP contribution in [0.5, 0.6) is 0 Å². The maximum absolute atomic E-state index is 11.5. The van der Waals surface area contributed by atoms with Crippen molar-refractivity contribution < 1.29 is 14.3 Å². The van der Waals surface area contributed by atoms with Gasteiger partial charge in [0.05, 0.1) is 13.2 Å². The molecule has 1 amide bonds. The van der Waals surface area contributed by atoms with Crippen molar-refractivity contribution in [3.63, 3.8) is 0 Å². The number of rotatable bonds is 2. The van der Waals surface area contributed by atoms with Gasteiger partial charge in [0.25, 0.3) is 0 Å². The van der Waals surface area contributed by atoms with E-state index in [-0.39, 0.29) is 12.5 Å². The number of hydrogen-bond acceptors (Lipinski definition) is 5. The molecule has 1 rings (SSSR count). The van der Waals surface area contributed by atoms with Crippen molar-refractivity contribution in [1.82, 2.24) is 10.2 Å². The summed E-state index contributed by atoms with van der Waals surface area (Å²) < 4.78 is 4.48. The maximum Gasteiger partial charge on any atom is 0.325 e. The van der Waals surface area contributed by atoms with Gasteiger partial charge in [-0.2, -0.15) is 0 Å². The first-order valence-corrected chi connectivity index (χ1v) is 4.47. The maximum atomic E-state index is 11.5. The van der Waals surface area contributed by atoms with Crippen LogP contribution in [0.1, 0.15) is 0 Å². The molecule has 0 bridgehead atoms. The summed E-state index contributed by atoms with van der Waals surface area (Å²) >= 11 is 0. The second-order valence-corrected chi connectivity index (χ2v) is 3.15. The molecule has 1 heterocycles. The number of hydrogen-bond donors (Lipinski definition) is 2. The van der Waals surface area contributed by atoms with Crippen LogP contribution < -0.4 is 11.1 Å². The fourth-order valence-electron chi connectivity index (χ4n) is 1.28. The van der Waals surface area contributed by atoms with E-state index in [4.69, 9.17) is 5.73 Å². The predicted molar refractivity (Wildman–Crippen MR) is 49.4 cm³/mol. The average molecular weight is 201 g/mol. The van der Waals surface area contributed by atoms with Crippen LogP contribution in [0.3, 0.4) is 0 Å². The number of carbonyl (C=O) groups is 2. The van der Waals surface area contributed by atoms with Crippen LogP contribution in [0, 0.1) is 0 Å². The van der Waals surface area contributed by atoms with Gasteiger partial charge in [0.15, 0.2) is 0 Å². The number of esters is 1.